The highest BCUT2D eigenvalue weighted by Gasteiger charge is 2.38. The van der Waals surface area contributed by atoms with Crippen LogP contribution in [0.5, 0.6) is 5.75 Å². The maximum Gasteiger partial charge on any atom is 0.298 e. The number of ether oxygens (including phenoxy) is 1. The largest absolute Gasteiger partial charge is 0.497 e. The van der Waals surface area contributed by atoms with Crippen LogP contribution in [0.1, 0.15) is 27.9 Å². The molecule has 1 unspecified atom stereocenters. The molecule has 1 saturated heterocycles. The van der Waals surface area contributed by atoms with Gasteiger partial charge in [0.1, 0.15) is 10.6 Å². The molecule has 11 heteroatoms. The lowest BCUT2D eigenvalue weighted by molar-refractivity contribution is -0.133. The molecule has 35 heavy (non-hydrogen) atoms. The van der Waals surface area contributed by atoms with Crippen LogP contribution >= 0.6 is 0 Å². The molecule has 2 amide bonds. The number of methoxy groups -OCH3 is 1. The molecule has 1 aliphatic heterocycles. The van der Waals surface area contributed by atoms with Crippen LogP contribution in [-0.4, -0.2) is 44.9 Å². The van der Waals surface area contributed by atoms with Gasteiger partial charge >= 0.3 is 0 Å². The lowest BCUT2D eigenvalue weighted by atomic mass is 10.0. The van der Waals surface area contributed by atoms with Gasteiger partial charge < -0.3 is 21.1 Å². The number of hydrogen-bond donors (Lipinski definition) is 2. The van der Waals surface area contributed by atoms with Crippen molar-refractivity contribution in [3.8, 4) is 11.8 Å². The Balaban J connectivity index is 1.61. The average Bonchev–Trinajstić information content (AvgIpc) is 3.17. The standard InChI is InChI=1S/C24H22N4O6S/c1-33-17-5-3-15-4-7-21(22(23(27)29)18(15)11-17)35(31,32)34-20-8-9-28(24(20)30)13-16-10-14(12-25)2-6-19(16)26/h2-7,10-11,20H,8-9,13,26H2,1H3,(H2,27,29). The summed E-state index contributed by atoms with van der Waals surface area (Å²) in [7, 11) is -3.09. The number of nitrogens with two attached hydrogens (primary N) is 2. The number of fused-ring (bicyclic) bond motifs is 1. The molecule has 3 aromatic carbocycles. The van der Waals surface area contributed by atoms with Crippen molar-refractivity contribution in [1.29, 1.82) is 5.26 Å². The summed E-state index contributed by atoms with van der Waals surface area (Å²) >= 11 is 0. The van der Waals surface area contributed by atoms with Crippen molar-refractivity contribution in [1.82, 2.24) is 4.90 Å². The minimum atomic E-state index is -4.54. The van der Waals surface area contributed by atoms with E-state index in [4.69, 9.17) is 25.6 Å². The minimum absolute atomic E-state index is 0.0996. The number of hydrogen-bond acceptors (Lipinski definition) is 8. The average molecular weight is 495 g/mol. The van der Waals surface area contributed by atoms with Crippen molar-refractivity contribution in [2.75, 3.05) is 19.4 Å². The zero-order valence-electron chi connectivity index (χ0n) is 18.7. The Bertz CT molecular complexity index is 1500. The van der Waals surface area contributed by atoms with Crippen LogP contribution in [0.4, 0.5) is 5.69 Å². The zero-order chi connectivity index (χ0) is 25.3. The van der Waals surface area contributed by atoms with Crippen LogP contribution in [0.15, 0.2) is 53.4 Å². The van der Waals surface area contributed by atoms with Gasteiger partial charge in [-0.1, -0.05) is 12.1 Å². The van der Waals surface area contributed by atoms with Gasteiger partial charge in [-0.05, 0) is 52.7 Å². The molecule has 0 saturated carbocycles. The maximum atomic E-state index is 13.2. The molecule has 0 aromatic heterocycles. The number of rotatable bonds is 7. The Morgan fingerprint density at radius 1 is 1.20 bits per heavy atom. The van der Waals surface area contributed by atoms with Gasteiger partial charge in [-0.3, -0.25) is 13.8 Å². The van der Waals surface area contributed by atoms with Gasteiger partial charge in [0.2, 0.25) is 0 Å². The highest BCUT2D eigenvalue weighted by Crippen LogP contribution is 2.31. The second kappa shape index (κ2) is 9.25. The van der Waals surface area contributed by atoms with Gasteiger partial charge in [-0.2, -0.15) is 13.7 Å². The number of nitriles is 1. The number of amides is 2. The van der Waals surface area contributed by atoms with Gasteiger partial charge in [-0.15, -0.1) is 0 Å². The van der Waals surface area contributed by atoms with Crippen LogP contribution < -0.4 is 16.2 Å². The fraction of sp³-hybridized carbons (Fsp3) is 0.208. The Labute approximate surface area is 201 Å². The Morgan fingerprint density at radius 2 is 1.94 bits per heavy atom. The number of nitrogens with zero attached hydrogens (tertiary/aromatic N) is 2. The van der Waals surface area contributed by atoms with Crippen molar-refractivity contribution in [3.63, 3.8) is 0 Å². The first-order chi connectivity index (χ1) is 16.6. The van der Waals surface area contributed by atoms with Crippen LogP contribution in [0.2, 0.25) is 0 Å². The first-order valence-corrected chi connectivity index (χ1v) is 12.0. The maximum absolute atomic E-state index is 13.2. The first kappa shape index (κ1) is 24.0. The number of carbonyl (C=O) groups excluding carboxylic acids is 2. The summed E-state index contributed by atoms with van der Waals surface area (Å²) in [5, 5.41) is 9.97. The van der Waals surface area contributed by atoms with Gasteiger partial charge in [0.05, 0.1) is 24.3 Å². The molecular formula is C24H22N4O6S. The second-order valence-corrected chi connectivity index (χ2v) is 9.54. The quantitative estimate of drug-likeness (QED) is 0.371. The minimum Gasteiger partial charge on any atom is -0.497 e. The fourth-order valence-corrected chi connectivity index (χ4v) is 5.33. The van der Waals surface area contributed by atoms with E-state index in [-0.39, 0.29) is 30.5 Å². The lowest BCUT2D eigenvalue weighted by Gasteiger charge is -2.18. The zero-order valence-corrected chi connectivity index (χ0v) is 19.5. The number of nitrogen functional groups attached to an aromatic ring is 1. The fourth-order valence-electron chi connectivity index (χ4n) is 4.05. The molecule has 1 heterocycles. The van der Waals surface area contributed by atoms with Crippen LogP contribution in [-0.2, 0) is 25.6 Å². The summed E-state index contributed by atoms with van der Waals surface area (Å²) in [4.78, 5) is 26.2. The number of likely N-dealkylation sites (tertiary alicyclic amines) is 1. The van der Waals surface area contributed by atoms with E-state index >= 15 is 0 Å². The van der Waals surface area contributed by atoms with Crippen LogP contribution in [0, 0.1) is 11.3 Å². The molecule has 1 fully saturated rings. The Hall–Kier alpha value is -4.14. The first-order valence-electron chi connectivity index (χ1n) is 10.6. The summed E-state index contributed by atoms with van der Waals surface area (Å²) in [6.07, 6.45) is -1.16. The van der Waals surface area contributed by atoms with Crippen molar-refractivity contribution in [2.45, 2.75) is 24.0 Å². The number of primary amides is 1. The number of carbonyl (C=O) groups is 2. The predicted molar refractivity (Wildman–Crippen MR) is 127 cm³/mol. The molecule has 1 aliphatic rings. The van der Waals surface area contributed by atoms with Crippen LogP contribution in [0.25, 0.3) is 10.8 Å². The van der Waals surface area contributed by atoms with Crippen molar-refractivity contribution in [2.24, 2.45) is 5.73 Å². The van der Waals surface area contributed by atoms with E-state index in [0.717, 1.165) is 0 Å². The smallest absolute Gasteiger partial charge is 0.298 e. The van der Waals surface area contributed by atoms with E-state index in [1.807, 2.05) is 6.07 Å². The molecule has 1 atom stereocenters. The molecule has 0 radical (unpaired) electrons. The Morgan fingerprint density at radius 3 is 2.63 bits per heavy atom. The summed E-state index contributed by atoms with van der Waals surface area (Å²) < 4.78 is 36.8. The molecule has 180 valence electrons. The number of anilines is 1. The van der Waals surface area contributed by atoms with Crippen molar-refractivity contribution < 1.29 is 26.9 Å². The predicted octanol–water partition coefficient (Wildman–Crippen LogP) is 1.91. The van der Waals surface area contributed by atoms with E-state index in [1.165, 1.54) is 30.2 Å². The molecule has 4 N–H and O–H groups in total. The third kappa shape index (κ3) is 4.62. The number of benzene rings is 3. The molecule has 4 rings (SSSR count). The van der Waals surface area contributed by atoms with Crippen molar-refractivity contribution in [3.05, 3.63) is 65.2 Å². The Kier molecular flexibility index (Phi) is 6.34. The van der Waals surface area contributed by atoms with Gasteiger partial charge in [0.15, 0.2) is 6.10 Å². The molecule has 10 nitrogen and oxygen atoms in total. The van der Waals surface area contributed by atoms with E-state index in [2.05, 4.69) is 0 Å². The highest BCUT2D eigenvalue weighted by atomic mass is 32.2. The van der Waals surface area contributed by atoms with E-state index in [9.17, 15) is 18.0 Å². The van der Waals surface area contributed by atoms with Crippen LogP contribution in [0.3, 0.4) is 0 Å². The topological polar surface area (TPSA) is 166 Å². The second-order valence-electron chi connectivity index (χ2n) is 8.00. The van der Waals surface area contributed by atoms with E-state index in [0.29, 0.717) is 28.0 Å². The van der Waals surface area contributed by atoms with Gasteiger partial charge in [-0.25, -0.2) is 0 Å². The molecule has 0 aliphatic carbocycles. The molecule has 0 spiro atoms. The third-order valence-corrected chi connectivity index (χ3v) is 7.20. The summed E-state index contributed by atoms with van der Waals surface area (Å²) in [6, 6.07) is 14.3. The summed E-state index contributed by atoms with van der Waals surface area (Å²) in [6.45, 7) is 0.329. The third-order valence-electron chi connectivity index (χ3n) is 5.83. The molecule has 0 bridgehead atoms. The summed E-state index contributed by atoms with van der Waals surface area (Å²) in [5.74, 6) is -1.09. The van der Waals surface area contributed by atoms with E-state index < -0.39 is 32.9 Å². The van der Waals surface area contributed by atoms with Gasteiger partial charge in [0, 0.05) is 25.2 Å². The monoisotopic (exact) mass is 494 g/mol. The molecule has 3 aromatic rings. The van der Waals surface area contributed by atoms with E-state index in [1.54, 1.807) is 30.3 Å². The SMILES string of the molecule is COc1ccc2ccc(S(=O)(=O)OC3CCN(Cc4cc(C#N)ccc4N)C3=O)c(C(N)=O)c2c1. The van der Waals surface area contributed by atoms with Crippen molar-refractivity contribution >= 4 is 38.4 Å². The highest BCUT2D eigenvalue weighted by molar-refractivity contribution is 7.87. The normalized spacial score (nSPS) is 15.8. The van der Waals surface area contributed by atoms with Gasteiger partial charge in [0.25, 0.3) is 21.9 Å². The molecular weight excluding hydrogens is 472 g/mol. The lowest BCUT2D eigenvalue weighted by Crippen LogP contribution is -2.32. The summed E-state index contributed by atoms with van der Waals surface area (Å²) in [5.41, 5.74) is 12.6.